The fraction of sp³-hybridized carbons (Fsp3) is 0.538. The summed E-state index contributed by atoms with van der Waals surface area (Å²) in [7, 11) is -3.64. The summed E-state index contributed by atoms with van der Waals surface area (Å²) in [5.41, 5.74) is 5.30. The minimum atomic E-state index is -3.64. The standard InChI is InChI=1S/C13H20N2O3S/c14-11-5-4-6-12(9-11)19(17,18)15-13(10-16)7-2-1-3-8-13/h4-6,9,15-16H,1-3,7-8,10,14H2. The first-order valence-electron chi connectivity index (χ1n) is 6.48. The van der Waals surface area contributed by atoms with Gasteiger partial charge in [-0.15, -0.1) is 0 Å². The number of sulfonamides is 1. The highest BCUT2D eigenvalue weighted by Gasteiger charge is 2.35. The third-order valence-corrected chi connectivity index (χ3v) is 5.21. The van der Waals surface area contributed by atoms with Crippen LogP contribution in [0.25, 0.3) is 0 Å². The number of aliphatic hydroxyl groups is 1. The molecule has 1 aromatic rings. The van der Waals surface area contributed by atoms with Gasteiger partial charge >= 0.3 is 0 Å². The van der Waals surface area contributed by atoms with Crippen molar-refractivity contribution in [3.8, 4) is 0 Å². The van der Waals surface area contributed by atoms with Crippen molar-refractivity contribution in [2.24, 2.45) is 0 Å². The lowest BCUT2D eigenvalue weighted by molar-refractivity contribution is 0.142. The molecule has 0 heterocycles. The van der Waals surface area contributed by atoms with E-state index in [2.05, 4.69) is 4.72 Å². The van der Waals surface area contributed by atoms with Crippen molar-refractivity contribution in [1.82, 2.24) is 4.72 Å². The average molecular weight is 284 g/mol. The normalized spacial score (nSPS) is 19.2. The molecular formula is C13H20N2O3S. The van der Waals surface area contributed by atoms with Crippen molar-refractivity contribution >= 4 is 15.7 Å². The molecule has 1 aromatic carbocycles. The average Bonchev–Trinajstić information content (AvgIpc) is 2.39. The Kier molecular flexibility index (Phi) is 4.13. The van der Waals surface area contributed by atoms with E-state index in [1.165, 1.54) is 12.1 Å². The molecule has 2 rings (SSSR count). The van der Waals surface area contributed by atoms with Crippen molar-refractivity contribution < 1.29 is 13.5 Å². The van der Waals surface area contributed by atoms with Crippen LogP contribution in [0.2, 0.25) is 0 Å². The number of rotatable bonds is 4. The second-order valence-electron chi connectivity index (χ2n) is 5.18. The summed E-state index contributed by atoms with van der Waals surface area (Å²) in [4.78, 5) is 0.144. The number of hydrogen-bond acceptors (Lipinski definition) is 4. The molecule has 0 aromatic heterocycles. The van der Waals surface area contributed by atoms with Gasteiger partial charge in [-0.3, -0.25) is 0 Å². The molecule has 106 valence electrons. The van der Waals surface area contributed by atoms with E-state index in [-0.39, 0.29) is 11.5 Å². The minimum absolute atomic E-state index is 0.144. The van der Waals surface area contributed by atoms with Crippen LogP contribution >= 0.6 is 0 Å². The summed E-state index contributed by atoms with van der Waals surface area (Å²) in [6.07, 6.45) is 4.29. The van der Waals surface area contributed by atoms with Crippen molar-refractivity contribution in [3.05, 3.63) is 24.3 Å². The van der Waals surface area contributed by atoms with E-state index >= 15 is 0 Å². The summed E-state index contributed by atoms with van der Waals surface area (Å²) >= 11 is 0. The largest absolute Gasteiger partial charge is 0.399 e. The van der Waals surface area contributed by atoms with Gasteiger partial charge < -0.3 is 10.8 Å². The van der Waals surface area contributed by atoms with Crippen LogP contribution in [0.15, 0.2) is 29.2 Å². The maximum atomic E-state index is 12.3. The van der Waals surface area contributed by atoms with E-state index < -0.39 is 15.6 Å². The number of hydrogen-bond donors (Lipinski definition) is 3. The summed E-state index contributed by atoms with van der Waals surface area (Å²) in [6.45, 7) is -0.172. The monoisotopic (exact) mass is 284 g/mol. The quantitative estimate of drug-likeness (QED) is 0.725. The number of nitrogens with two attached hydrogens (primary N) is 1. The molecule has 19 heavy (non-hydrogen) atoms. The number of nitrogen functional groups attached to an aromatic ring is 1. The highest BCUT2D eigenvalue weighted by atomic mass is 32.2. The predicted octanol–water partition coefficient (Wildman–Crippen LogP) is 1.24. The Hall–Kier alpha value is -1.11. The first-order valence-corrected chi connectivity index (χ1v) is 7.96. The molecule has 0 radical (unpaired) electrons. The van der Waals surface area contributed by atoms with Crippen LogP contribution in [0.3, 0.4) is 0 Å². The van der Waals surface area contributed by atoms with E-state index in [9.17, 15) is 13.5 Å². The Labute approximate surface area is 113 Å². The molecule has 0 unspecified atom stereocenters. The Balaban J connectivity index is 2.25. The lowest BCUT2D eigenvalue weighted by Gasteiger charge is -2.36. The molecular weight excluding hydrogens is 264 g/mol. The van der Waals surface area contributed by atoms with Crippen molar-refractivity contribution in [3.63, 3.8) is 0 Å². The lowest BCUT2D eigenvalue weighted by Crippen LogP contribution is -2.52. The van der Waals surface area contributed by atoms with Crippen LogP contribution < -0.4 is 10.5 Å². The number of anilines is 1. The zero-order valence-electron chi connectivity index (χ0n) is 10.8. The van der Waals surface area contributed by atoms with Crippen molar-refractivity contribution in [2.45, 2.75) is 42.5 Å². The minimum Gasteiger partial charge on any atom is -0.399 e. The molecule has 4 N–H and O–H groups in total. The second kappa shape index (κ2) is 5.48. The van der Waals surface area contributed by atoms with Gasteiger partial charge in [-0.2, -0.15) is 0 Å². The van der Waals surface area contributed by atoms with Gasteiger partial charge in [0.25, 0.3) is 0 Å². The molecule has 1 saturated carbocycles. The highest BCUT2D eigenvalue weighted by Crippen LogP contribution is 2.29. The Morgan fingerprint density at radius 1 is 1.26 bits per heavy atom. The molecule has 0 atom stereocenters. The summed E-state index contributed by atoms with van der Waals surface area (Å²) < 4.78 is 27.3. The van der Waals surface area contributed by atoms with Crippen LogP contribution in [0.5, 0.6) is 0 Å². The van der Waals surface area contributed by atoms with Gasteiger partial charge in [-0.05, 0) is 31.0 Å². The third-order valence-electron chi connectivity index (χ3n) is 3.63. The van der Waals surface area contributed by atoms with E-state index in [4.69, 9.17) is 5.73 Å². The van der Waals surface area contributed by atoms with Gasteiger partial charge in [0, 0.05) is 5.69 Å². The van der Waals surface area contributed by atoms with Crippen LogP contribution in [0, 0.1) is 0 Å². The Morgan fingerprint density at radius 3 is 2.53 bits per heavy atom. The molecule has 0 spiro atoms. The zero-order chi connectivity index (χ0) is 13.9. The van der Waals surface area contributed by atoms with Gasteiger partial charge in [0.2, 0.25) is 10.0 Å². The lowest BCUT2D eigenvalue weighted by atomic mass is 9.83. The molecule has 0 aliphatic heterocycles. The topological polar surface area (TPSA) is 92.4 Å². The van der Waals surface area contributed by atoms with Gasteiger partial charge in [0.15, 0.2) is 0 Å². The molecule has 1 fully saturated rings. The van der Waals surface area contributed by atoms with Gasteiger partial charge in [-0.25, -0.2) is 13.1 Å². The van der Waals surface area contributed by atoms with Crippen LogP contribution in [-0.4, -0.2) is 25.7 Å². The van der Waals surface area contributed by atoms with E-state index in [1.54, 1.807) is 12.1 Å². The Morgan fingerprint density at radius 2 is 1.95 bits per heavy atom. The van der Waals surface area contributed by atoms with E-state index in [0.717, 1.165) is 19.3 Å². The maximum Gasteiger partial charge on any atom is 0.241 e. The number of nitrogens with one attached hydrogen (secondary N) is 1. The molecule has 1 aliphatic carbocycles. The molecule has 0 bridgehead atoms. The van der Waals surface area contributed by atoms with E-state index in [0.29, 0.717) is 18.5 Å². The fourth-order valence-corrected chi connectivity index (χ4v) is 4.05. The summed E-state index contributed by atoms with van der Waals surface area (Å²) in [6, 6.07) is 6.18. The fourth-order valence-electron chi connectivity index (χ4n) is 2.55. The molecule has 5 nitrogen and oxygen atoms in total. The van der Waals surface area contributed by atoms with Crippen LogP contribution in [0.4, 0.5) is 5.69 Å². The molecule has 0 amide bonds. The zero-order valence-corrected chi connectivity index (χ0v) is 11.6. The van der Waals surface area contributed by atoms with Gasteiger partial charge in [0.1, 0.15) is 0 Å². The van der Waals surface area contributed by atoms with Crippen LogP contribution in [0.1, 0.15) is 32.1 Å². The van der Waals surface area contributed by atoms with Crippen LogP contribution in [-0.2, 0) is 10.0 Å². The smallest absolute Gasteiger partial charge is 0.241 e. The maximum absolute atomic E-state index is 12.3. The number of aliphatic hydroxyl groups excluding tert-OH is 1. The number of benzene rings is 1. The Bertz CT molecular complexity index is 537. The summed E-state index contributed by atoms with van der Waals surface area (Å²) in [5, 5.41) is 9.55. The van der Waals surface area contributed by atoms with Gasteiger partial charge in [0.05, 0.1) is 17.0 Å². The first-order chi connectivity index (χ1) is 8.97. The molecule has 1 aliphatic rings. The highest BCUT2D eigenvalue weighted by molar-refractivity contribution is 7.89. The first kappa shape index (κ1) is 14.3. The second-order valence-corrected chi connectivity index (χ2v) is 6.86. The SMILES string of the molecule is Nc1cccc(S(=O)(=O)NC2(CO)CCCCC2)c1. The van der Waals surface area contributed by atoms with Gasteiger partial charge in [-0.1, -0.05) is 25.3 Å². The summed E-state index contributed by atoms with van der Waals surface area (Å²) in [5.74, 6) is 0. The third kappa shape index (κ3) is 3.26. The molecule has 6 heteroatoms. The predicted molar refractivity (Wildman–Crippen MR) is 74.1 cm³/mol. The van der Waals surface area contributed by atoms with E-state index in [1.807, 2.05) is 0 Å². The van der Waals surface area contributed by atoms with Crippen molar-refractivity contribution in [1.29, 1.82) is 0 Å². The van der Waals surface area contributed by atoms with Crippen molar-refractivity contribution in [2.75, 3.05) is 12.3 Å². The molecule has 0 saturated heterocycles.